The highest BCUT2D eigenvalue weighted by Gasteiger charge is 2.34. The van der Waals surface area contributed by atoms with E-state index in [1.165, 1.54) is 32.4 Å². The van der Waals surface area contributed by atoms with Crippen LogP contribution in [0.3, 0.4) is 0 Å². The molecule has 0 saturated heterocycles. The van der Waals surface area contributed by atoms with Gasteiger partial charge in [-0.05, 0) is 12.2 Å². The van der Waals surface area contributed by atoms with Crippen molar-refractivity contribution in [2.75, 3.05) is 14.2 Å². The van der Waals surface area contributed by atoms with E-state index in [4.69, 9.17) is 14.6 Å². The fourth-order valence-corrected chi connectivity index (χ4v) is 1.59. The predicted octanol–water partition coefficient (Wildman–Crippen LogP) is 1.11. The Bertz CT molecular complexity index is 450. The molecule has 0 fully saturated rings. The maximum Gasteiger partial charge on any atom is 0.328 e. The van der Waals surface area contributed by atoms with Gasteiger partial charge >= 0.3 is 11.7 Å². The van der Waals surface area contributed by atoms with Crippen LogP contribution >= 0.6 is 0 Å². The van der Waals surface area contributed by atoms with Gasteiger partial charge in [-0.15, -0.1) is 0 Å². The summed E-state index contributed by atoms with van der Waals surface area (Å²) in [6.45, 7) is 0. The van der Waals surface area contributed by atoms with E-state index in [1.54, 1.807) is 0 Å². The SMILES string of the molecule is COC1=CCC(C=CC(=O)O)(OC)C=C1[N+](=O)[O-]. The lowest BCUT2D eigenvalue weighted by atomic mass is 9.92. The van der Waals surface area contributed by atoms with Crippen LogP contribution < -0.4 is 0 Å². The van der Waals surface area contributed by atoms with Gasteiger partial charge in [-0.1, -0.05) is 0 Å². The van der Waals surface area contributed by atoms with Gasteiger partial charge < -0.3 is 14.6 Å². The lowest BCUT2D eigenvalue weighted by molar-refractivity contribution is -0.425. The largest absolute Gasteiger partial charge is 0.490 e. The average molecular weight is 255 g/mol. The third-order valence-electron chi connectivity index (χ3n) is 2.54. The molecule has 7 heteroatoms. The number of carbonyl (C=O) groups is 1. The van der Waals surface area contributed by atoms with Gasteiger partial charge in [-0.25, -0.2) is 4.79 Å². The number of nitro groups is 1. The molecule has 1 unspecified atom stereocenters. The quantitative estimate of drug-likeness (QED) is 0.448. The van der Waals surface area contributed by atoms with Crippen molar-refractivity contribution in [3.05, 3.63) is 45.9 Å². The van der Waals surface area contributed by atoms with Gasteiger partial charge in [-0.3, -0.25) is 10.1 Å². The number of ether oxygens (including phenoxy) is 2. The summed E-state index contributed by atoms with van der Waals surface area (Å²) >= 11 is 0. The number of nitrogens with zero attached hydrogens (tertiary/aromatic N) is 1. The molecule has 0 heterocycles. The van der Waals surface area contributed by atoms with Crippen molar-refractivity contribution in [1.29, 1.82) is 0 Å². The molecule has 1 aliphatic carbocycles. The van der Waals surface area contributed by atoms with Crippen molar-refractivity contribution >= 4 is 5.97 Å². The first-order chi connectivity index (χ1) is 8.44. The zero-order chi connectivity index (χ0) is 13.8. The van der Waals surface area contributed by atoms with Crippen molar-refractivity contribution in [1.82, 2.24) is 0 Å². The second kappa shape index (κ2) is 5.46. The molecule has 1 N–H and O–H groups in total. The molecule has 7 nitrogen and oxygen atoms in total. The molecule has 0 radical (unpaired) electrons. The summed E-state index contributed by atoms with van der Waals surface area (Å²) in [4.78, 5) is 20.8. The summed E-state index contributed by atoms with van der Waals surface area (Å²) in [5, 5.41) is 19.5. The van der Waals surface area contributed by atoms with Crippen molar-refractivity contribution in [2.24, 2.45) is 0 Å². The van der Waals surface area contributed by atoms with Crippen LogP contribution in [0.1, 0.15) is 6.42 Å². The van der Waals surface area contributed by atoms with Crippen LogP contribution in [0.5, 0.6) is 0 Å². The molecule has 0 aromatic heterocycles. The van der Waals surface area contributed by atoms with E-state index in [-0.39, 0.29) is 17.9 Å². The predicted molar refractivity (Wildman–Crippen MR) is 61.3 cm³/mol. The maximum atomic E-state index is 10.9. The van der Waals surface area contributed by atoms with E-state index in [1.807, 2.05) is 0 Å². The van der Waals surface area contributed by atoms with E-state index in [9.17, 15) is 14.9 Å². The zero-order valence-corrected chi connectivity index (χ0v) is 9.95. The molecule has 0 aliphatic heterocycles. The first-order valence-corrected chi connectivity index (χ1v) is 5.03. The molecule has 0 aromatic carbocycles. The van der Waals surface area contributed by atoms with Crippen molar-refractivity contribution in [3.63, 3.8) is 0 Å². The Morgan fingerprint density at radius 2 is 2.28 bits per heavy atom. The summed E-state index contributed by atoms with van der Waals surface area (Å²) in [5.41, 5.74) is -1.39. The van der Waals surface area contributed by atoms with Crippen LogP contribution in [0.4, 0.5) is 0 Å². The van der Waals surface area contributed by atoms with Crippen LogP contribution in [0.2, 0.25) is 0 Å². The number of hydrogen-bond donors (Lipinski definition) is 1. The molecule has 98 valence electrons. The molecule has 1 aliphatic rings. The third kappa shape index (κ3) is 2.95. The highest BCUT2D eigenvalue weighted by molar-refractivity contribution is 5.80. The van der Waals surface area contributed by atoms with Gasteiger partial charge in [0.2, 0.25) is 0 Å². The number of methoxy groups -OCH3 is 2. The zero-order valence-electron chi connectivity index (χ0n) is 9.95. The summed E-state index contributed by atoms with van der Waals surface area (Å²) in [5.74, 6) is -1.01. The fourth-order valence-electron chi connectivity index (χ4n) is 1.59. The van der Waals surface area contributed by atoms with E-state index in [0.717, 1.165) is 6.08 Å². The van der Waals surface area contributed by atoms with Gasteiger partial charge in [0.1, 0.15) is 5.60 Å². The number of hydrogen-bond acceptors (Lipinski definition) is 5. The third-order valence-corrected chi connectivity index (χ3v) is 2.54. The Kier molecular flexibility index (Phi) is 4.22. The lowest BCUT2D eigenvalue weighted by Gasteiger charge is -2.26. The Morgan fingerprint density at radius 1 is 1.61 bits per heavy atom. The first kappa shape index (κ1) is 13.9. The van der Waals surface area contributed by atoms with Gasteiger partial charge in [0.25, 0.3) is 0 Å². The maximum absolute atomic E-state index is 10.9. The van der Waals surface area contributed by atoms with Crippen LogP contribution in [0, 0.1) is 10.1 Å². The van der Waals surface area contributed by atoms with Gasteiger partial charge in [0, 0.05) is 25.7 Å². The Labute approximate surface area is 103 Å². The molecule has 0 aromatic rings. The molecular weight excluding hydrogens is 242 g/mol. The standard InChI is InChI=1S/C11H13NO6/c1-17-9-3-5-11(18-2,6-4-10(13)14)7-8(9)12(15)16/h3-4,6-7H,5H2,1-2H3,(H,13,14). The molecule has 0 spiro atoms. The molecule has 1 rings (SSSR count). The summed E-state index contributed by atoms with van der Waals surface area (Å²) in [6.07, 6.45) is 5.15. The monoisotopic (exact) mass is 255 g/mol. The molecule has 18 heavy (non-hydrogen) atoms. The number of aliphatic carboxylic acids is 1. The molecule has 0 amide bonds. The van der Waals surface area contributed by atoms with Crippen LogP contribution in [0.25, 0.3) is 0 Å². The minimum atomic E-state index is -1.15. The minimum Gasteiger partial charge on any atom is -0.490 e. The van der Waals surface area contributed by atoms with Gasteiger partial charge in [0.15, 0.2) is 5.76 Å². The lowest BCUT2D eigenvalue weighted by Crippen LogP contribution is -2.30. The summed E-state index contributed by atoms with van der Waals surface area (Å²) < 4.78 is 10.1. The molecule has 0 saturated carbocycles. The smallest absolute Gasteiger partial charge is 0.328 e. The minimum absolute atomic E-state index is 0.136. The highest BCUT2D eigenvalue weighted by atomic mass is 16.6. The van der Waals surface area contributed by atoms with Crippen molar-refractivity contribution in [2.45, 2.75) is 12.0 Å². The van der Waals surface area contributed by atoms with Gasteiger partial charge in [-0.2, -0.15) is 0 Å². The second-order valence-corrected chi connectivity index (χ2v) is 3.59. The van der Waals surface area contributed by atoms with Crippen LogP contribution in [-0.4, -0.2) is 35.8 Å². The van der Waals surface area contributed by atoms with Gasteiger partial charge in [0.05, 0.1) is 12.0 Å². The van der Waals surface area contributed by atoms with E-state index in [0.29, 0.717) is 0 Å². The first-order valence-electron chi connectivity index (χ1n) is 5.03. The van der Waals surface area contributed by atoms with Crippen molar-refractivity contribution in [3.8, 4) is 0 Å². The fraction of sp³-hybridized carbons (Fsp3) is 0.364. The normalized spacial score (nSPS) is 23.4. The molecule has 0 bridgehead atoms. The van der Waals surface area contributed by atoms with E-state index < -0.39 is 16.5 Å². The van der Waals surface area contributed by atoms with Crippen LogP contribution in [-0.2, 0) is 14.3 Å². The molecule has 1 atom stereocenters. The van der Waals surface area contributed by atoms with Crippen LogP contribution in [0.15, 0.2) is 35.8 Å². The molecular formula is C11H13NO6. The number of carboxylic acids is 1. The number of rotatable bonds is 5. The Hall–Kier alpha value is -2.15. The van der Waals surface area contributed by atoms with E-state index >= 15 is 0 Å². The second-order valence-electron chi connectivity index (χ2n) is 3.59. The Balaban J connectivity index is 3.15. The van der Waals surface area contributed by atoms with Crippen molar-refractivity contribution < 1.29 is 24.3 Å². The van der Waals surface area contributed by atoms with E-state index in [2.05, 4.69) is 0 Å². The highest BCUT2D eigenvalue weighted by Crippen LogP contribution is 2.30. The summed E-state index contributed by atoms with van der Waals surface area (Å²) in [6, 6.07) is 0. The number of carboxylic acid groups (broad SMARTS) is 1. The summed E-state index contributed by atoms with van der Waals surface area (Å²) in [7, 11) is 2.68. The average Bonchev–Trinajstić information content (AvgIpc) is 2.36. The topological polar surface area (TPSA) is 98.9 Å². The Morgan fingerprint density at radius 3 is 2.72 bits per heavy atom.